The minimum Gasteiger partial charge on any atom is -0.335 e. The average molecular weight is 403 g/mol. The summed E-state index contributed by atoms with van der Waals surface area (Å²) < 4.78 is 1.01. The van der Waals surface area contributed by atoms with E-state index in [1.807, 2.05) is 25.1 Å². The van der Waals surface area contributed by atoms with Gasteiger partial charge in [0.1, 0.15) is 0 Å². The Bertz CT molecular complexity index is 470. The van der Waals surface area contributed by atoms with Gasteiger partial charge in [0, 0.05) is 28.0 Å². The van der Waals surface area contributed by atoms with Gasteiger partial charge in [0.2, 0.25) is 0 Å². The van der Waals surface area contributed by atoms with Crippen molar-refractivity contribution in [1.29, 1.82) is 0 Å². The third-order valence-corrected chi connectivity index (χ3v) is 5.31. The first-order chi connectivity index (χ1) is 9.65. The highest BCUT2D eigenvalue weighted by molar-refractivity contribution is 9.10. The summed E-state index contributed by atoms with van der Waals surface area (Å²) >= 11 is 7.01. The molecular formula is C16H21Br2NO. The molecule has 0 heterocycles. The van der Waals surface area contributed by atoms with Crippen LogP contribution in [-0.2, 0) is 0 Å². The molecule has 2 nitrogen and oxygen atoms in total. The number of hydrogen-bond acceptors (Lipinski definition) is 1. The Labute approximate surface area is 138 Å². The van der Waals surface area contributed by atoms with Crippen molar-refractivity contribution in [3.05, 3.63) is 33.8 Å². The van der Waals surface area contributed by atoms with Gasteiger partial charge in [-0.1, -0.05) is 57.2 Å². The highest BCUT2D eigenvalue weighted by Crippen LogP contribution is 2.26. The summed E-state index contributed by atoms with van der Waals surface area (Å²) in [6.45, 7) is 2.79. The fraction of sp³-hybridized carbons (Fsp3) is 0.562. The van der Waals surface area contributed by atoms with Gasteiger partial charge in [-0.25, -0.2) is 0 Å². The monoisotopic (exact) mass is 401 g/mol. The summed E-state index contributed by atoms with van der Waals surface area (Å²) in [5.41, 5.74) is 1.86. The van der Waals surface area contributed by atoms with Crippen molar-refractivity contribution in [2.24, 2.45) is 0 Å². The quantitative estimate of drug-likeness (QED) is 0.654. The third-order valence-electron chi connectivity index (χ3n) is 4.10. The molecule has 0 aromatic heterocycles. The Morgan fingerprint density at radius 3 is 2.65 bits per heavy atom. The Morgan fingerprint density at radius 1 is 1.30 bits per heavy atom. The standard InChI is InChI=1S/C16H21Br2NO/c1-12-14(8-5-9-15(12)18)16(20)19(11-10-17)13-6-3-2-4-7-13/h5,8-9,13H,2-4,6-7,10-11H2,1H3. The molecule has 1 saturated carbocycles. The zero-order valence-electron chi connectivity index (χ0n) is 11.9. The summed E-state index contributed by atoms with van der Waals surface area (Å²) in [5, 5.41) is 0.836. The molecule has 1 aliphatic carbocycles. The maximum Gasteiger partial charge on any atom is 0.254 e. The SMILES string of the molecule is Cc1c(Br)cccc1C(=O)N(CCBr)C1CCCCC1. The summed E-state index contributed by atoms with van der Waals surface area (Å²) in [7, 11) is 0. The molecule has 2 rings (SSSR count). The van der Waals surface area contributed by atoms with E-state index in [-0.39, 0.29) is 5.91 Å². The van der Waals surface area contributed by atoms with Crippen molar-refractivity contribution in [3.8, 4) is 0 Å². The van der Waals surface area contributed by atoms with Gasteiger partial charge in [0.05, 0.1) is 0 Å². The van der Waals surface area contributed by atoms with E-state index in [0.29, 0.717) is 6.04 Å². The number of hydrogen-bond donors (Lipinski definition) is 0. The van der Waals surface area contributed by atoms with Crippen molar-refractivity contribution in [2.75, 3.05) is 11.9 Å². The van der Waals surface area contributed by atoms with Crippen LogP contribution >= 0.6 is 31.9 Å². The number of halogens is 2. The lowest BCUT2D eigenvalue weighted by molar-refractivity contribution is 0.0650. The first-order valence-corrected chi connectivity index (χ1v) is 9.18. The van der Waals surface area contributed by atoms with Crippen molar-refractivity contribution >= 4 is 37.8 Å². The molecule has 0 aliphatic heterocycles. The van der Waals surface area contributed by atoms with Crippen LogP contribution in [0.2, 0.25) is 0 Å². The van der Waals surface area contributed by atoms with Crippen LogP contribution < -0.4 is 0 Å². The fourth-order valence-corrected chi connectivity index (χ4v) is 3.68. The van der Waals surface area contributed by atoms with Crippen LogP contribution in [0.1, 0.15) is 48.0 Å². The molecule has 1 aromatic carbocycles. The molecule has 1 aromatic rings. The van der Waals surface area contributed by atoms with Gasteiger partial charge in [-0.2, -0.15) is 0 Å². The summed E-state index contributed by atoms with van der Waals surface area (Å²) in [6.07, 6.45) is 6.09. The van der Waals surface area contributed by atoms with Crippen molar-refractivity contribution in [3.63, 3.8) is 0 Å². The van der Waals surface area contributed by atoms with Crippen LogP contribution in [0.4, 0.5) is 0 Å². The van der Waals surface area contributed by atoms with Crippen LogP contribution in [0.25, 0.3) is 0 Å². The molecule has 1 aliphatic rings. The normalized spacial score (nSPS) is 16.1. The molecule has 0 N–H and O–H groups in total. The van der Waals surface area contributed by atoms with E-state index in [4.69, 9.17) is 0 Å². The largest absolute Gasteiger partial charge is 0.335 e. The highest BCUT2D eigenvalue weighted by atomic mass is 79.9. The molecule has 1 amide bonds. The maximum atomic E-state index is 12.9. The van der Waals surface area contributed by atoms with E-state index < -0.39 is 0 Å². The fourth-order valence-electron chi connectivity index (χ4n) is 2.93. The Morgan fingerprint density at radius 2 is 2.00 bits per heavy atom. The third kappa shape index (κ3) is 3.64. The number of rotatable bonds is 4. The Hall–Kier alpha value is -0.350. The molecular weight excluding hydrogens is 382 g/mol. The molecule has 110 valence electrons. The molecule has 1 fully saturated rings. The minimum absolute atomic E-state index is 0.176. The minimum atomic E-state index is 0.176. The molecule has 0 bridgehead atoms. The van der Waals surface area contributed by atoms with Gasteiger partial charge in [0.15, 0.2) is 0 Å². The van der Waals surface area contributed by atoms with Gasteiger partial charge in [-0.3, -0.25) is 4.79 Å². The number of amides is 1. The van der Waals surface area contributed by atoms with Crippen LogP contribution in [-0.4, -0.2) is 28.7 Å². The van der Waals surface area contributed by atoms with E-state index in [9.17, 15) is 4.79 Å². The van der Waals surface area contributed by atoms with Gasteiger partial charge in [-0.05, 0) is 37.5 Å². The number of nitrogens with zero attached hydrogens (tertiary/aromatic N) is 1. The maximum absolute atomic E-state index is 12.9. The second kappa shape index (κ2) is 7.60. The van der Waals surface area contributed by atoms with Crippen molar-refractivity contribution < 1.29 is 4.79 Å². The van der Waals surface area contributed by atoms with E-state index >= 15 is 0 Å². The van der Waals surface area contributed by atoms with E-state index in [1.54, 1.807) is 0 Å². The first kappa shape index (κ1) is 16.0. The van der Waals surface area contributed by atoms with Gasteiger partial charge < -0.3 is 4.90 Å². The second-order valence-corrected chi connectivity index (χ2v) is 7.04. The topological polar surface area (TPSA) is 20.3 Å². The Kier molecular flexibility index (Phi) is 6.09. The lowest BCUT2D eigenvalue weighted by Crippen LogP contribution is -2.42. The van der Waals surface area contributed by atoms with Crippen LogP contribution in [0.15, 0.2) is 22.7 Å². The van der Waals surface area contributed by atoms with Crippen LogP contribution in [0.5, 0.6) is 0 Å². The lowest BCUT2D eigenvalue weighted by atomic mass is 9.93. The van der Waals surface area contributed by atoms with Crippen molar-refractivity contribution in [2.45, 2.75) is 45.1 Å². The lowest BCUT2D eigenvalue weighted by Gasteiger charge is -2.34. The predicted molar refractivity (Wildman–Crippen MR) is 90.6 cm³/mol. The molecule has 20 heavy (non-hydrogen) atoms. The van der Waals surface area contributed by atoms with E-state index in [2.05, 4.69) is 36.8 Å². The van der Waals surface area contributed by atoms with Crippen LogP contribution in [0.3, 0.4) is 0 Å². The first-order valence-electron chi connectivity index (χ1n) is 7.27. The number of benzene rings is 1. The van der Waals surface area contributed by atoms with Gasteiger partial charge in [0.25, 0.3) is 5.91 Å². The summed E-state index contributed by atoms with van der Waals surface area (Å²) in [6, 6.07) is 6.28. The van der Waals surface area contributed by atoms with Gasteiger partial charge >= 0.3 is 0 Å². The van der Waals surface area contributed by atoms with Crippen molar-refractivity contribution in [1.82, 2.24) is 4.90 Å². The summed E-state index contributed by atoms with van der Waals surface area (Å²) in [4.78, 5) is 15.0. The smallest absolute Gasteiger partial charge is 0.254 e. The number of carbonyl (C=O) groups excluding carboxylic acids is 1. The molecule has 0 radical (unpaired) electrons. The highest BCUT2D eigenvalue weighted by Gasteiger charge is 2.26. The second-order valence-electron chi connectivity index (χ2n) is 5.39. The zero-order chi connectivity index (χ0) is 14.5. The average Bonchev–Trinajstić information content (AvgIpc) is 2.48. The molecule has 0 atom stereocenters. The van der Waals surface area contributed by atoms with Crippen LogP contribution in [0, 0.1) is 6.92 Å². The molecule has 0 unspecified atom stereocenters. The number of alkyl halides is 1. The number of carbonyl (C=O) groups is 1. The predicted octanol–water partition coefficient (Wildman–Crippen LogP) is 4.93. The van der Waals surface area contributed by atoms with E-state index in [1.165, 1.54) is 19.3 Å². The molecule has 0 spiro atoms. The zero-order valence-corrected chi connectivity index (χ0v) is 15.0. The Balaban J connectivity index is 2.23. The molecule has 4 heteroatoms. The summed E-state index contributed by atoms with van der Waals surface area (Å²) in [5.74, 6) is 0.176. The van der Waals surface area contributed by atoms with Gasteiger partial charge in [-0.15, -0.1) is 0 Å². The molecule has 0 saturated heterocycles. The van der Waals surface area contributed by atoms with E-state index in [0.717, 1.165) is 40.3 Å².